The summed E-state index contributed by atoms with van der Waals surface area (Å²) in [6, 6.07) is 10.1. The molecule has 3 saturated heterocycles. The Labute approximate surface area is 226 Å². The predicted octanol–water partition coefficient (Wildman–Crippen LogP) is 1.60. The molecule has 1 N–H and O–H groups in total. The van der Waals surface area contributed by atoms with Gasteiger partial charge in [0.05, 0.1) is 42.9 Å². The summed E-state index contributed by atoms with van der Waals surface area (Å²) in [7, 11) is -3.75. The van der Waals surface area contributed by atoms with Crippen molar-refractivity contribution in [3.8, 4) is 0 Å². The Hall–Kier alpha value is -3.16. The number of aliphatic hydroxyl groups excluding tert-OH is 1. The van der Waals surface area contributed by atoms with Crippen LogP contribution < -0.4 is 0 Å². The first-order valence-corrected chi connectivity index (χ1v) is 14.2. The summed E-state index contributed by atoms with van der Waals surface area (Å²) < 4.78 is 51.6. The molecule has 0 spiro atoms. The molecule has 0 saturated carbocycles. The van der Waals surface area contributed by atoms with Crippen LogP contribution in [-0.4, -0.2) is 105 Å². The molecule has 2 aromatic carbocycles. The van der Waals surface area contributed by atoms with Gasteiger partial charge in [-0.3, -0.25) is 14.5 Å². The topological polar surface area (TPSA) is 117 Å². The Kier molecular flexibility index (Phi) is 8.10. The van der Waals surface area contributed by atoms with Crippen molar-refractivity contribution >= 4 is 27.5 Å². The molecular formula is C27H30FN3O7S. The Morgan fingerprint density at radius 3 is 2.08 bits per heavy atom. The molecule has 0 unspecified atom stereocenters. The standard InChI is InChI=1S/C27H30FN3O7S/c28-21-5-1-19(2-6-21)24-23(26(33)27(34)31(24)10-9-29-11-15-37-16-12-29)25(32)20-3-7-22(8-4-20)39(35,36)30-13-17-38-18-14-30/h1-8,24,32H,9-18H2/t24-/m1/s1. The van der Waals surface area contributed by atoms with E-state index < -0.39 is 39.3 Å². The Morgan fingerprint density at radius 1 is 0.872 bits per heavy atom. The van der Waals surface area contributed by atoms with Crippen LogP contribution in [0.2, 0.25) is 0 Å². The van der Waals surface area contributed by atoms with Gasteiger partial charge in [0, 0.05) is 44.8 Å². The number of morpholine rings is 2. The molecule has 2 aromatic rings. The number of ketones is 1. The van der Waals surface area contributed by atoms with Gasteiger partial charge >= 0.3 is 0 Å². The van der Waals surface area contributed by atoms with Crippen LogP contribution >= 0.6 is 0 Å². The zero-order valence-electron chi connectivity index (χ0n) is 21.3. The Bertz CT molecular complexity index is 1350. The third-order valence-electron chi connectivity index (χ3n) is 7.22. The van der Waals surface area contributed by atoms with Crippen molar-refractivity contribution in [3.05, 3.63) is 71.0 Å². The molecule has 10 nitrogen and oxygen atoms in total. The lowest BCUT2D eigenvalue weighted by molar-refractivity contribution is -0.140. The van der Waals surface area contributed by atoms with E-state index in [0.717, 1.165) is 0 Å². The summed E-state index contributed by atoms with van der Waals surface area (Å²) in [4.78, 5) is 30.0. The number of hydrogen-bond acceptors (Lipinski definition) is 8. The van der Waals surface area contributed by atoms with Gasteiger partial charge in [0.15, 0.2) is 0 Å². The highest BCUT2D eigenvalue weighted by molar-refractivity contribution is 7.89. The fourth-order valence-corrected chi connectivity index (χ4v) is 6.46. The molecule has 0 aliphatic carbocycles. The first-order valence-electron chi connectivity index (χ1n) is 12.8. The lowest BCUT2D eigenvalue weighted by Crippen LogP contribution is -2.42. The van der Waals surface area contributed by atoms with E-state index >= 15 is 0 Å². The molecule has 3 aliphatic rings. The van der Waals surface area contributed by atoms with E-state index in [1.807, 2.05) is 0 Å². The first-order chi connectivity index (χ1) is 18.8. The van der Waals surface area contributed by atoms with Gasteiger partial charge in [-0.05, 0) is 42.0 Å². The lowest BCUT2D eigenvalue weighted by atomic mass is 9.95. The predicted molar refractivity (Wildman–Crippen MR) is 139 cm³/mol. The highest BCUT2D eigenvalue weighted by Crippen LogP contribution is 2.39. The fourth-order valence-electron chi connectivity index (χ4n) is 5.05. The van der Waals surface area contributed by atoms with Crippen molar-refractivity contribution in [3.63, 3.8) is 0 Å². The molecule has 3 fully saturated rings. The average Bonchev–Trinajstić information content (AvgIpc) is 3.22. The minimum Gasteiger partial charge on any atom is -0.507 e. The monoisotopic (exact) mass is 559 g/mol. The quantitative estimate of drug-likeness (QED) is 0.309. The molecule has 3 aliphatic heterocycles. The van der Waals surface area contributed by atoms with Gasteiger partial charge < -0.3 is 19.5 Å². The number of ether oxygens (including phenoxy) is 2. The zero-order chi connectivity index (χ0) is 27.6. The van der Waals surface area contributed by atoms with E-state index in [0.29, 0.717) is 51.6 Å². The number of carbonyl (C=O) groups is 2. The highest BCUT2D eigenvalue weighted by Gasteiger charge is 2.46. The van der Waals surface area contributed by atoms with Crippen LogP contribution in [0.4, 0.5) is 4.39 Å². The summed E-state index contributed by atoms with van der Waals surface area (Å²) in [5.74, 6) is -2.51. The van der Waals surface area contributed by atoms with Crippen LogP contribution in [0.25, 0.3) is 5.76 Å². The molecule has 0 radical (unpaired) electrons. The minimum atomic E-state index is -3.75. The Balaban J connectivity index is 1.47. The minimum absolute atomic E-state index is 0.0435. The number of rotatable bonds is 7. The number of likely N-dealkylation sites (tertiary alicyclic amines) is 1. The number of Topliss-reactive ketones (excluding diaryl/α,β-unsaturated/α-hetero) is 1. The molecule has 3 heterocycles. The lowest BCUT2D eigenvalue weighted by Gasteiger charge is -2.31. The summed E-state index contributed by atoms with van der Waals surface area (Å²) in [6.45, 7) is 4.40. The maximum Gasteiger partial charge on any atom is 0.295 e. The van der Waals surface area contributed by atoms with Gasteiger partial charge in [-0.2, -0.15) is 4.31 Å². The number of hydrogen-bond donors (Lipinski definition) is 1. The van der Waals surface area contributed by atoms with Crippen LogP contribution in [0.1, 0.15) is 17.2 Å². The largest absolute Gasteiger partial charge is 0.507 e. The second-order valence-corrected chi connectivity index (χ2v) is 11.5. The van der Waals surface area contributed by atoms with Crippen molar-refractivity contribution in [2.45, 2.75) is 10.9 Å². The van der Waals surface area contributed by atoms with Crippen LogP contribution in [0.5, 0.6) is 0 Å². The van der Waals surface area contributed by atoms with Crippen LogP contribution in [0, 0.1) is 5.82 Å². The number of halogens is 1. The molecule has 5 rings (SSSR count). The van der Waals surface area contributed by atoms with E-state index in [1.165, 1.54) is 57.7 Å². The molecule has 39 heavy (non-hydrogen) atoms. The first kappa shape index (κ1) is 27.4. The van der Waals surface area contributed by atoms with Crippen molar-refractivity contribution in [1.29, 1.82) is 0 Å². The van der Waals surface area contributed by atoms with Crippen molar-refractivity contribution < 1.29 is 37.0 Å². The zero-order valence-corrected chi connectivity index (χ0v) is 22.1. The van der Waals surface area contributed by atoms with Gasteiger partial charge in [-0.1, -0.05) is 12.1 Å². The van der Waals surface area contributed by atoms with Gasteiger partial charge in [0.25, 0.3) is 11.7 Å². The second kappa shape index (κ2) is 11.5. The number of benzene rings is 2. The Morgan fingerprint density at radius 2 is 1.46 bits per heavy atom. The number of nitrogens with zero attached hydrogens (tertiary/aromatic N) is 3. The maximum atomic E-state index is 13.7. The van der Waals surface area contributed by atoms with Gasteiger partial charge in [0.1, 0.15) is 11.6 Å². The number of sulfonamides is 1. The number of aliphatic hydroxyl groups is 1. The molecule has 0 aromatic heterocycles. The van der Waals surface area contributed by atoms with Crippen molar-refractivity contribution in [2.75, 3.05) is 65.7 Å². The fraction of sp³-hybridized carbons (Fsp3) is 0.407. The van der Waals surface area contributed by atoms with E-state index in [2.05, 4.69) is 4.90 Å². The summed E-state index contributed by atoms with van der Waals surface area (Å²) in [5.41, 5.74) is 0.539. The third kappa shape index (κ3) is 5.61. The maximum absolute atomic E-state index is 13.7. The van der Waals surface area contributed by atoms with Crippen LogP contribution in [-0.2, 0) is 29.1 Å². The second-order valence-electron chi connectivity index (χ2n) is 9.54. The summed E-state index contributed by atoms with van der Waals surface area (Å²) in [6.07, 6.45) is 0. The number of amides is 1. The smallest absolute Gasteiger partial charge is 0.295 e. The molecule has 208 valence electrons. The van der Waals surface area contributed by atoms with E-state index in [1.54, 1.807) is 0 Å². The average molecular weight is 560 g/mol. The van der Waals surface area contributed by atoms with Crippen LogP contribution in [0.15, 0.2) is 59.0 Å². The number of carbonyl (C=O) groups excluding carboxylic acids is 2. The molecule has 1 amide bonds. The van der Waals surface area contributed by atoms with E-state index in [4.69, 9.17) is 9.47 Å². The highest BCUT2D eigenvalue weighted by atomic mass is 32.2. The summed E-state index contributed by atoms with van der Waals surface area (Å²) >= 11 is 0. The third-order valence-corrected chi connectivity index (χ3v) is 9.13. The molecule has 12 heteroatoms. The molecule has 1 atom stereocenters. The summed E-state index contributed by atoms with van der Waals surface area (Å²) in [5, 5.41) is 11.3. The van der Waals surface area contributed by atoms with Gasteiger partial charge in [0.2, 0.25) is 10.0 Å². The van der Waals surface area contributed by atoms with Gasteiger partial charge in [-0.25, -0.2) is 12.8 Å². The van der Waals surface area contributed by atoms with E-state index in [-0.39, 0.29) is 35.7 Å². The normalized spacial score (nSPS) is 22.9. The van der Waals surface area contributed by atoms with Crippen molar-refractivity contribution in [1.82, 2.24) is 14.1 Å². The SMILES string of the molecule is O=C1C(=O)N(CCN2CCOCC2)[C@H](c2ccc(F)cc2)C1=C(O)c1ccc(S(=O)(=O)N2CCOCC2)cc1. The molecule has 0 bridgehead atoms. The molecular weight excluding hydrogens is 529 g/mol. The van der Waals surface area contributed by atoms with Crippen LogP contribution in [0.3, 0.4) is 0 Å². The van der Waals surface area contributed by atoms with Gasteiger partial charge in [-0.15, -0.1) is 0 Å². The van der Waals surface area contributed by atoms with E-state index in [9.17, 15) is 27.5 Å². The van der Waals surface area contributed by atoms with Crippen molar-refractivity contribution in [2.24, 2.45) is 0 Å².